The molecule has 138 valence electrons. The van der Waals surface area contributed by atoms with Gasteiger partial charge in [-0.15, -0.1) is 0 Å². The third-order valence-corrected chi connectivity index (χ3v) is 4.79. The summed E-state index contributed by atoms with van der Waals surface area (Å²) in [5.41, 5.74) is 3.11. The number of rotatable bonds is 6. The normalized spacial score (nSPS) is 11.7. The molecule has 2 aromatic rings. The lowest BCUT2D eigenvalue weighted by molar-refractivity contribution is -0.123. The lowest BCUT2D eigenvalue weighted by Gasteiger charge is -2.18. The van der Waals surface area contributed by atoms with E-state index in [1.807, 2.05) is 32.0 Å². The van der Waals surface area contributed by atoms with Gasteiger partial charge < -0.3 is 10.1 Å². The zero-order chi connectivity index (χ0) is 19.3. The number of amides is 1. The van der Waals surface area contributed by atoms with E-state index in [4.69, 9.17) is 27.9 Å². The van der Waals surface area contributed by atoms with Crippen LogP contribution in [-0.2, 0) is 22.4 Å². The molecule has 0 radical (unpaired) electrons. The summed E-state index contributed by atoms with van der Waals surface area (Å²) in [4.78, 5) is 24.7. The number of carbonyl (C=O) groups is 2. The van der Waals surface area contributed by atoms with Crippen molar-refractivity contribution in [3.05, 3.63) is 63.1 Å². The van der Waals surface area contributed by atoms with Crippen LogP contribution in [0.1, 0.15) is 42.3 Å². The van der Waals surface area contributed by atoms with E-state index in [9.17, 15) is 9.59 Å². The Bertz CT molecular complexity index is 798. The summed E-state index contributed by atoms with van der Waals surface area (Å²) in [5.74, 6) is -1.01. The molecule has 2 aromatic carbocycles. The number of benzene rings is 2. The first-order valence-corrected chi connectivity index (χ1v) is 9.20. The van der Waals surface area contributed by atoms with E-state index in [1.54, 1.807) is 0 Å². The number of ether oxygens (including phenoxy) is 1. The minimum atomic E-state index is -0.952. The van der Waals surface area contributed by atoms with Crippen molar-refractivity contribution in [2.75, 3.05) is 5.32 Å². The van der Waals surface area contributed by atoms with Crippen LogP contribution in [-0.4, -0.2) is 18.0 Å². The third kappa shape index (κ3) is 4.77. The van der Waals surface area contributed by atoms with Crippen molar-refractivity contribution in [2.24, 2.45) is 0 Å². The van der Waals surface area contributed by atoms with Gasteiger partial charge in [0.15, 0.2) is 6.10 Å². The lowest BCUT2D eigenvalue weighted by atomic mass is 10.0. The Kier molecular flexibility index (Phi) is 7.06. The Balaban J connectivity index is 2.10. The van der Waals surface area contributed by atoms with Gasteiger partial charge in [-0.05, 0) is 49.1 Å². The van der Waals surface area contributed by atoms with Crippen LogP contribution in [0.5, 0.6) is 0 Å². The molecule has 0 heterocycles. The Morgan fingerprint density at radius 1 is 1.04 bits per heavy atom. The standard InChI is InChI=1S/C20H21Cl2NO3/c1-4-13-7-6-8-14(5-2)18(13)23-19(24)12(3)26-20(25)15-9-10-16(21)17(22)11-15/h6-12H,4-5H2,1-3H3,(H,23,24)/t12-/m0/s1. The molecule has 1 amide bonds. The highest BCUT2D eigenvalue weighted by Crippen LogP contribution is 2.24. The molecule has 0 aliphatic rings. The van der Waals surface area contributed by atoms with Gasteiger partial charge in [0, 0.05) is 5.69 Å². The Hall–Kier alpha value is -2.04. The third-order valence-electron chi connectivity index (χ3n) is 4.06. The second-order valence-corrected chi connectivity index (χ2v) is 6.64. The van der Waals surface area contributed by atoms with E-state index in [1.165, 1.54) is 25.1 Å². The number of hydrogen-bond acceptors (Lipinski definition) is 3. The molecule has 4 nitrogen and oxygen atoms in total. The van der Waals surface area contributed by atoms with E-state index in [-0.39, 0.29) is 16.5 Å². The molecule has 1 N–H and O–H groups in total. The number of esters is 1. The molecular weight excluding hydrogens is 373 g/mol. The first-order chi connectivity index (χ1) is 12.4. The number of hydrogen-bond donors (Lipinski definition) is 1. The quantitative estimate of drug-likeness (QED) is 0.677. The molecule has 0 aliphatic carbocycles. The number of aryl methyl sites for hydroxylation is 2. The molecular formula is C20H21Cl2NO3. The summed E-state index contributed by atoms with van der Waals surface area (Å²) >= 11 is 11.8. The van der Waals surface area contributed by atoms with Gasteiger partial charge in [-0.2, -0.15) is 0 Å². The fraction of sp³-hybridized carbons (Fsp3) is 0.300. The molecule has 6 heteroatoms. The number of nitrogens with one attached hydrogen (secondary N) is 1. The van der Waals surface area contributed by atoms with Crippen LogP contribution in [0.2, 0.25) is 10.0 Å². The Morgan fingerprint density at radius 3 is 2.19 bits per heavy atom. The number of para-hydroxylation sites is 1. The van der Waals surface area contributed by atoms with Gasteiger partial charge >= 0.3 is 5.97 Å². The molecule has 0 saturated carbocycles. The minimum absolute atomic E-state index is 0.238. The predicted octanol–water partition coefficient (Wildman–Crippen LogP) is 5.30. The van der Waals surface area contributed by atoms with E-state index >= 15 is 0 Å². The van der Waals surface area contributed by atoms with Crippen LogP contribution in [0.3, 0.4) is 0 Å². The second-order valence-electron chi connectivity index (χ2n) is 5.82. The van der Waals surface area contributed by atoms with Crippen LogP contribution >= 0.6 is 23.2 Å². The van der Waals surface area contributed by atoms with Gasteiger partial charge in [-0.1, -0.05) is 55.2 Å². The Morgan fingerprint density at radius 2 is 1.65 bits per heavy atom. The molecule has 0 bridgehead atoms. The van der Waals surface area contributed by atoms with Gasteiger partial charge in [-0.25, -0.2) is 4.79 Å². The molecule has 0 unspecified atom stereocenters. The van der Waals surface area contributed by atoms with Crippen LogP contribution < -0.4 is 5.32 Å². The summed E-state index contributed by atoms with van der Waals surface area (Å²) in [6.45, 7) is 5.58. The van der Waals surface area contributed by atoms with Crippen molar-refractivity contribution in [1.82, 2.24) is 0 Å². The largest absolute Gasteiger partial charge is 0.449 e. The highest BCUT2D eigenvalue weighted by atomic mass is 35.5. The van der Waals surface area contributed by atoms with Gasteiger partial charge in [-0.3, -0.25) is 4.79 Å². The first kappa shape index (κ1) is 20.3. The van der Waals surface area contributed by atoms with Crippen LogP contribution in [0.15, 0.2) is 36.4 Å². The first-order valence-electron chi connectivity index (χ1n) is 8.45. The zero-order valence-corrected chi connectivity index (χ0v) is 16.4. The summed E-state index contributed by atoms with van der Waals surface area (Å²) in [7, 11) is 0. The average molecular weight is 394 g/mol. The van der Waals surface area contributed by atoms with Crippen molar-refractivity contribution in [3.63, 3.8) is 0 Å². The van der Waals surface area contributed by atoms with Gasteiger partial charge in [0.25, 0.3) is 5.91 Å². The predicted molar refractivity (Wildman–Crippen MR) is 105 cm³/mol. The maximum Gasteiger partial charge on any atom is 0.338 e. The Labute approximate surface area is 163 Å². The van der Waals surface area contributed by atoms with E-state index in [0.29, 0.717) is 5.02 Å². The van der Waals surface area contributed by atoms with Crippen molar-refractivity contribution in [1.29, 1.82) is 0 Å². The molecule has 26 heavy (non-hydrogen) atoms. The van der Waals surface area contributed by atoms with Gasteiger partial charge in [0.1, 0.15) is 0 Å². The van der Waals surface area contributed by atoms with E-state index in [2.05, 4.69) is 5.32 Å². The smallest absolute Gasteiger partial charge is 0.338 e. The van der Waals surface area contributed by atoms with Crippen LogP contribution in [0.4, 0.5) is 5.69 Å². The fourth-order valence-corrected chi connectivity index (χ4v) is 2.83. The van der Waals surface area contributed by atoms with Crippen molar-refractivity contribution in [2.45, 2.75) is 39.7 Å². The van der Waals surface area contributed by atoms with Crippen LogP contribution in [0, 0.1) is 0 Å². The molecule has 0 saturated heterocycles. The summed E-state index contributed by atoms with van der Waals surface area (Å²) in [5, 5.41) is 3.49. The molecule has 0 aliphatic heterocycles. The molecule has 0 aromatic heterocycles. The highest BCUT2D eigenvalue weighted by Gasteiger charge is 2.21. The maximum atomic E-state index is 12.5. The minimum Gasteiger partial charge on any atom is -0.449 e. The SMILES string of the molecule is CCc1cccc(CC)c1NC(=O)[C@H](C)OC(=O)c1ccc(Cl)c(Cl)c1. The second kappa shape index (κ2) is 9.06. The molecule has 1 atom stereocenters. The summed E-state index contributed by atoms with van der Waals surface area (Å²) in [6.07, 6.45) is 0.633. The van der Waals surface area contributed by atoms with Gasteiger partial charge in [0.05, 0.1) is 15.6 Å². The average Bonchev–Trinajstić information content (AvgIpc) is 2.63. The maximum absolute atomic E-state index is 12.5. The molecule has 0 spiro atoms. The van der Waals surface area contributed by atoms with E-state index < -0.39 is 12.1 Å². The molecule has 2 rings (SSSR count). The topological polar surface area (TPSA) is 55.4 Å². The zero-order valence-electron chi connectivity index (χ0n) is 14.9. The van der Waals surface area contributed by atoms with Crippen LogP contribution in [0.25, 0.3) is 0 Å². The lowest BCUT2D eigenvalue weighted by Crippen LogP contribution is -2.30. The monoisotopic (exact) mass is 393 g/mol. The number of halogens is 2. The van der Waals surface area contributed by atoms with E-state index in [0.717, 1.165) is 29.7 Å². The summed E-state index contributed by atoms with van der Waals surface area (Å²) < 4.78 is 5.26. The molecule has 0 fully saturated rings. The van der Waals surface area contributed by atoms with Gasteiger partial charge in [0.2, 0.25) is 0 Å². The van der Waals surface area contributed by atoms with Crippen molar-refractivity contribution in [3.8, 4) is 0 Å². The van der Waals surface area contributed by atoms with Crippen molar-refractivity contribution < 1.29 is 14.3 Å². The number of anilines is 1. The summed E-state index contributed by atoms with van der Waals surface area (Å²) in [6, 6.07) is 10.3. The number of carbonyl (C=O) groups excluding carboxylic acids is 2. The fourth-order valence-electron chi connectivity index (χ4n) is 2.53. The highest BCUT2D eigenvalue weighted by molar-refractivity contribution is 6.42. The van der Waals surface area contributed by atoms with Crippen molar-refractivity contribution >= 4 is 40.8 Å².